The first-order valence-corrected chi connectivity index (χ1v) is 9.44. The van der Waals surface area contributed by atoms with Gasteiger partial charge in [0.1, 0.15) is 0 Å². The Balaban J connectivity index is 2.28. The SMILES string of the molecule is C[Si](C)(Cc1ccccc1NN)c1ccccc1. The fourth-order valence-corrected chi connectivity index (χ4v) is 4.84. The van der Waals surface area contributed by atoms with Crippen LogP contribution in [0.15, 0.2) is 54.6 Å². The molecule has 94 valence electrons. The minimum atomic E-state index is -1.46. The lowest BCUT2D eigenvalue weighted by atomic mass is 10.2. The second-order valence-corrected chi connectivity index (χ2v) is 9.93. The summed E-state index contributed by atoms with van der Waals surface area (Å²) >= 11 is 0. The third kappa shape index (κ3) is 2.81. The number of rotatable bonds is 4. The van der Waals surface area contributed by atoms with Crippen LogP contribution in [0.2, 0.25) is 13.1 Å². The molecule has 0 radical (unpaired) electrons. The van der Waals surface area contributed by atoms with Crippen LogP contribution in [-0.2, 0) is 6.04 Å². The van der Waals surface area contributed by atoms with Gasteiger partial charge >= 0.3 is 0 Å². The Morgan fingerprint density at radius 1 is 0.944 bits per heavy atom. The highest BCUT2D eigenvalue weighted by molar-refractivity contribution is 6.89. The van der Waals surface area contributed by atoms with Crippen molar-refractivity contribution in [3.63, 3.8) is 0 Å². The summed E-state index contributed by atoms with van der Waals surface area (Å²) in [5.41, 5.74) is 5.13. The largest absolute Gasteiger partial charge is 0.324 e. The Hall–Kier alpha value is -1.58. The highest BCUT2D eigenvalue weighted by Gasteiger charge is 2.24. The maximum Gasteiger partial charge on any atom is 0.0850 e. The average Bonchev–Trinajstić information content (AvgIpc) is 2.40. The fourth-order valence-electron chi connectivity index (χ4n) is 2.28. The Morgan fingerprint density at radius 3 is 2.22 bits per heavy atom. The molecule has 18 heavy (non-hydrogen) atoms. The molecule has 0 atom stereocenters. The maximum absolute atomic E-state index is 5.57. The van der Waals surface area contributed by atoms with Crippen molar-refractivity contribution in [1.82, 2.24) is 0 Å². The van der Waals surface area contributed by atoms with Gasteiger partial charge in [0.25, 0.3) is 0 Å². The van der Waals surface area contributed by atoms with E-state index in [0.29, 0.717) is 0 Å². The topological polar surface area (TPSA) is 38.0 Å². The highest BCUT2D eigenvalue weighted by Crippen LogP contribution is 2.19. The molecule has 0 aliphatic carbocycles. The molecule has 0 bridgehead atoms. The molecular weight excluding hydrogens is 236 g/mol. The van der Waals surface area contributed by atoms with E-state index in [1.165, 1.54) is 10.8 Å². The van der Waals surface area contributed by atoms with Gasteiger partial charge in [-0.15, -0.1) is 0 Å². The first-order chi connectivity index (χ1) is 8.63. The zero-order valence-electron chi connectivity index (χ0n) is 11.0. The standard InChI is InChI=1S/C15H20N2Si/c1-18(2,14-9-4-3-5-10-14)12-13-8-6-7-11-15(13)17-16/h3-11,17H,12,16H2,1-2H3. The van der Waals surface area contributed by atoms with Crippen molar-refractivity contribution in [3.05, 3.63) is 60.2 Å². The number of hydrogen-bond donors (Lipinski definition) is 2. The first-order valence-electron chi connectivity index (χ1n) is 6.23. The van der Waals surface area contributed by atoms with Crippen molar-refractivity contribution in [2.45, 2.75) is 19.1 Å². The van der Waals surface area contributed by atoms with Gasteiger partial charge in [-0.1, -0.05) is 66.8 Å². The molecule has 3 heteroatoms. The predicted molar refractivity (Wildman–Crippen MR) is 81.5 cm³/mol. The van der Waals surface area contributed by atoms with Crippen molar-refractivity contribution < 1.29 is 0 Å². The molecule has 0 aromatic heterocycles. The molecule has 0 spiro atoms. The van der Waals surface area contributed by atoms with Crippen LogP contribution in [0.4, 0.5) is 5.69 Å². The Kier molecular flexibility index (Phi) is 3.84. The Morgan fingerprint density at radius 2 is 1.56 bits per heavy atom. The minimum absolute atomic E-state index is 1.04. The number of nitrogens with two attached hydrogens (primary N) is 1. The van der Waals surface area contributed by atoms with Gasteiger partial charge < -0.3 is 5.43 Å². The van der Waals surface area contributed by atoms with E-state index in [9.17, 15) is 0 Å². The molecule has 2 aromatic carbocycles. The van der Waals surface area contributed by atoms with Crippen molar-refractivity contribution >= 4 is 18.9 Å². The van der Waals surface area contributed by atoms with Crippen LogP contribution < -0.4 is 16.5 Å². The van der Waals surface area contributed by atoms with Crippen LogP contribution >= 0.6 is 0 Å². The lowest BCUT2D eigenvalue weighted by molar-refractivity contribution is 1.26. The zero-order chi connectivity index (χ0) is 13.0. The van der Waals surface area contributed by atoms with Gasteiger partial charge in [-0.05, 0) is 17.7 Å². The van der Waals surface area contributed by atoms with E-state index in [2.05, 4.69) is 61.0 Å². The van der Waals surface area contributed by atoms with E-state index >= 15 is 0 Å². The molecule has 2 aromatic rings. The minimum Gasteiger partial charge on any atom is -0.324 e. The van der Waals surface area contributed by atoms with Crippen LogP contribution in [0.25, 0.3) is 0 Å². The lowest BCUT2D eigenvalue weighted by Gasteiger charge is -2.24. The molecule has 0 aliphatic rings. The van der Waals surface area contributed by atoms with Crippen molar-refractivity contribution in [2.75, 3.05) is 5.43 Å². The van der Waals surface area contributed by atoms with Crippen molar-refractivity contribution in [3.8, 4) is 0 Å². The van der Waals surface area contributed by atoms with Gasteiger partial charge in [-0.3, -0.25) is 5.84 Å². The Labute approximate surface area is 110 Å². The van der Waals surface area contributed by atoms with E-state index in [4.69, 9.17) is 5.84 Å². The van der Waals surface area contributed by atoms with E-state index in [1.807, 2.05) is 12.1 Å². The number of anilines is 1. The summed E-state index contributed by atoms with van der Waals surface area (Å²) in [5, 5.41) is 1.48. The maximum atomic E-state index is 5.57. The van der Waals surface area contributed by atoms with Gasteiger partial charge in [0.05, 0.1) is 13.8 Å². The van der Waals surface area contributed by atoms with E-state index in [0.717, 1.165) is 11.7 Å². The van der Waals surface area contributed by atoms with Crippen molar-refractivity contribution in [1.29, 1.82) is 0 Å². The number of para-hydroxylation sites is 1. The Bertz CT molecular complexity index is 509. The summed E-state index contributed by atoms with van der Waals surface area (Å²) in [4.78, 5) is 0. The summed E-state index contributed by atoms with van der Waals surface area (Å²) in [5.74, 6) is 5.57. The van der Waals surface area contributed by atoms with Crippen LogP contribution in [0.3, 0.4) is 0 Å². The summed E-state index contributed by atoms with van der Waals surface area (Å²) in [7, 11) is -1.46. The summed E-state index contributed by atoms with van der Waals surface area (Å²) < 4.78 is 0. The van der Waals surface area contributed by atoms with Gasteiger partial charge in [-0.2, -0.15) is 0 Å². The number of benzene rings is 2. The molecule has 0 fully saturated rings. The van der Waals surface area contributed by atoms with Crippen molar-refractivity contribution in [2.24, 2.45) is 5.84 Å². The third-order valence-corrected chi connectivity index (χ3v) is 6.52. The molecule has 2 rings (SSSR count). The molecule has 0 saturated heterocycles. The second-order valence-electron chi connectivity index (χ2n) is 5.23. The number of hydrogen-bond acceptors (Lipinski definition) is 2. The zero-order valence-corrected chi connectivity index (χ0v) is 12.0. The van der Waals surface area contributed by atoms with Gasteiger partial charge in [0.15, 0.2) is 0 Å². The molecule has 2 nitrogen and oxygen atoms in total. The molecule has 3 N–H and O–H groups in total. The summed E-state index contributed by atoms with van der Waals surface area (Å²) in [6, 6.07) is 20.2. The first kappa shape index (κ1) is 12.9. The molecule has 0 saturated carbocycles. The quantitative estimate of drug-likeness (QED) is 0.501. The smallest absolute Gasteiger partial charge is 0.0850 e. The number of hydrazine groups is 1. The predicted octanol–water partition coefficient (Wildman–Crippen LogP) is 2.67. The monoisotopic (exact) mass is 256 g/mol. The van der Waals surface area contributed by atoms with Gasteiger partial charge in [-0.25, -0.2) is 0 Å². The molecular formula is C15H20N2Si. The second kappa shape index (κ2) is 5.37. The van der Waals surface area contributed by atoms with E-state index in [1.54, 1.807) is 0 Å². The van der Waals surface area contributed by atoms with Gasteiger partial charge in [0.2, 0.25) is 0 Å². The van der Waals surface area contributed by atoms with Crippen LogP contribution in [0, 0.1) is 0 Å². The normalized spacial score (nSPS) is 11.3. The lowest BCUT2D eigenvalue weighted by Crippen LogP contribution is -2.44. The number of nitrogens with one attached hydrogen (secondary N) is 1. The summed E-state index contributed by atoms with van der Waals surface area (Å²) in [6.45, 7) is 4.80. The van der Waals surface area contributed by atoms with E-state index < -0.39 is 8.07 Å². The molecule has 0 amide bonds. The molecule has 0 aliphatic heterocycles. The summed E-state index contributed by atoms with van der Waals surface area (Å²) in [6.07, 6.45) is 0. The molecule has 0 heterocycles. The van der Waals surface area contributed by atoms with E-state index in [-0.39, 0.29) is 0 Å². The number of nitrogen functional groups attached to an aromatic ring is 1. The highest BCUT2D eigenvalue weighted by atomic mass is 28.3. The fraction of sp³-hybridized carbons (Fsp3) is 0.200. The molecule has 0 unspecified atom stereocenters. The van der Waals surface area contributed by atoms with Gasteiger partial charge in [0, 0.05) is 0 Å². The van der Waals surface area contributed by atoms with Crippen LogP contribution in [-0.4, -0.2) is 8.07 Å². The third-order valence-electron chi connectivity index (χ3n) is 3.36. The van der Waals surface area contributed by atoms with Crippen LogP contribution in [0.1, 0.15) is 5.56 Å². The average molecular weight is 256 g/mol. The van der Waals surface area contributed by atoms with Crippen LogP contribution in [0.5, 0.6) is 0 Å².